The molecule has 1 atom stereocenters. The van der Waals surface area contributed by atoms with Crippen LogP contribution < -0.4 is 10.7 Å². The summed E-state index contributed by atoms with van der Waals surface area (Å²) in [5.74, 6) is 2.23. The molecule has 10 heteroatoms. The number of benzene rings is 2. The molecule has 4 rings (SSSR count). The number of nitrogens with zero attached hydrogens (tertiary/aromatic N) is 3. The van der Waals surface area contributed by atoms with Crippen LogP contribution in [0.25, 0.3) is 0 Å². The molecule has 2 aliphatic heterocycles. The number of hydrazone groups is 1. The van der Waals surface area contributed by atoms with Gasteiger partial charge in [-0.2, -0.15) is 16.9 Å². The molecular weight excluding hydrogens is 478 g/mol. The van der Waals surface area contributed by atoms with Crippen LogP contribution in [0.2, 0.25) is 0 Å². The number of unbranched alkanes of at least 4 members (excludes halogenated alkanes) is 1. The first-order chi connectivity index (χ1) is 17.5. The van der Waals surface area contributed by atoms with Gasteiger partial charge in [0.15, 0.2) is 5.84 Å². The quantitative estimate of drug-likeness (QED) is 0.503. The highest BCUT2D eigenvalue weighted by atomic mass is 32.2. The van der Waals surface area contributed by atoms with Crippen LogP contribution in [0.4, 0.5) is 10.5 Å². The highest BCUT2D eigenvalue weighted by Gasteiger charge is 2.35. The lowest BCUT2D eigenvalue weighted by molar-refractivity contribution is -0.125. The molecule has 0 aliphatic carbocycles. The molecule has 1 unspecified atom stereocenters. The Morgan fingerprint density at radius 3 is 2.86 bits per heavy atom. The van der Waals surface area contributed by atoms with Crippen molar-refractivity contribution in [3.63, 3.8) is 0 Å². The predicted molar refractivity (Wildman–Crippen MR) is 141 cm³/mol. The number of hydrogen-bond donors (Lipinski definition) is 2. The Morgan fingerprint density at radius 1 is 1.19 bits per heavy atom. The summed E-state index contributed by atoms with van der Waals surface area (Å²) in [5.41, 5.74) is 5.10. The Morgan fingerprint density at radius 2 is 2.03 bits per heavy atom. The molecule has 0 saturated carbocycles. The topological polar surface area (TPSA) is 103 Å². The van der Waals surface area contributed by atoms with Crippen molar-refractivity contribution in [2.45, 2.75) is 31.9 Å². The van der Waals surface area contributed by atoms with E-state index in [0.29, 0.717) is 31.5 Å². The molecular formula is C26H31N5O4S. The molecule has 2 aromatic rings. The molecule has 1 saturated heterocycles. The second-order valence-electron chi connectivity index (χ2n) is 8.74. The second-order valence-corrected chi connectivity index (χ2v) is 9.89. The number of carbonyl (C=O) groups is 3. The van der Waals surface area contributed by atoms with E-state index < -0.39 is 0 Å². The summed E-state index contributed by atoms with van der Waals surface area (Å²) in [5, 5.41) is 7.23. The van der Waals surface area contributed by atoms with Gasteiger partial charge in [0, 0.05) is 49.3 Å². The van der Waals surface area contributed by atoms with E-state index >= 15 is 0 Å². The van der Waals surface area contributed by atoms with Crippen molar-refractivity contribution in [2.75, 3.05) is 37.0 Å². The maximum Gasteiger partial charge on any atom is 0.409 e. The number of amides is 3. The van der Waals surface area contributed by atoms with E-state index in [1.165, 1.54) is 4.90 Å². The molecule has 0 radical (unpaired) electrons. The monoisotopic (exact) mass is 509 g/mol. The number of thioether (sulfide) groups is 1. The maximum atomic E-state index is 12.5. The van der Waals surface area contributed by atoms with Crippen LogP contribution >= 0.6 is 11.8 Å². The van der Waals surface area contributed by atoms with Gasteiger partial charge in [-0.05, 0) is 30.5 Å². The van der Waals surface area contributed by atoms with Crippen molar-refractivity contribution in [1.29, 1.82) is 0 Å². The van der Waals surface area contributed by atoms with Crippen LogP contribution in [0.15, 0.2) is 59.7 Å². The lowest BCUT2D eigenvalue weighted by Crippen LogP contribution is -2.57. The van der Waals surface area contributed by atoms with Gasteiger partial charge in [0.05, 0.1) is 0 Å². The molecule has 2 aromatic carbocycles. The van der Waals surface area contributed by atoms with E-state index in [1.807, 2.05) is 59.5 Å². The minimum Gasteiger partial charge on any atom is -0.445 e. The van der Waals surface area contributed by atoms with Crippen molar-refractivity contribution in [3.8, 4) is 0 Å². The number of fused-ring (bicyclic) bond motifs is 1. The Bertz CT molecular complexity index is 1110. The maximum absolute atomic E-state index is 12.5. The molecule has 0 bridgehead atoms. The number of anilines is 1. The molecule has 9 nitrogen and oxygen atoms in total. The summed E-state index contributed by atoms with van der Waals surface area (Å²) < 4.78 is 5.32. The highest BCUT2D eigenvalue weighted by Crippen LogP contribution is 2.23. The van der Waals surface area contributed by atoms with E-state index in [0.717, 1.165) is 35.0 Å². The van der Waals surface area contributed by atoms with Crippen molar-refractivity contribution < 1.29 is 19.1 Å². The number of carbonyl (C=O) groups excluding carboxylic acids is 3. The number of hydrogen-bond acceptors (Lipinski definition) is 7. The van der Waals surface area contributed by atoms with Gasteiger partial charge in [-0.3, -0.25) is 9.59 Å². The van der Waals surface area contributed by atoms with E-state index in [1.54, 1.807) is 18.8 Å². The Kier molecular flexibility index (Phi) is 8.83. The van der Waals surface area contributed by atoms with E-state index in [2.05, 4.69) is 15.8 Å². The van der Waals surface area contributed by atoms with Crippen LogP contribution in [0.3, 0.4) is 0 Å². The fourth-order valence-electron chi connectivity index (χ4n) is 4.07. The lowest BCUT2D eigenvalue weighted by Gasteiger charge is -2.38. The van der Waals surface area contributed by atoms with Gasteiger partial charge < -0.3 is 19.9 Å². The molecule has 2 heterocycles. The third-order valence-corrected chi connectivity index (χ3v) is 7.07. The van der Waals surface area contributed by atoms with Gasteiger partial charge >= 0.3 is 6.09 Å². The fraction of sp³-hybridized carbons (Fsp3) is 0.385. The zero-order valence-corrected chi connectivity index (χ0v) is 21.1. The predicted octanol–water partition coefficient (Wildman–Crippen LogP) is 3.27. The first-order valence-corrected chi connectivity index (χ1v) is 13.2. The average molecular weight is 510 g/mol. The molecule has 0 aromatic heterocycles. The van der Waals surface area contributed by atoms with Gasteiger partial charge in [-0.25, -0.2) is 10.2 Å². The van der Waals surface area contributed by atoms with E-state index in [9.17, 15) is 14.4 Å². The Labute approximate surface area is 215 Å². The summed E-state index contributed by atoms with van der Waals surface area (Å²) in [6.07, 6.45) is 1.30. The smallest absolute Gasteiger partial charge is 0.409 e. The molecule has 36 heavy (non-hydrogen) atoms. The number of amidine groups is 1. The van der Waals surface area contributed by atoms with Gasteiger partial charge in [-0.15, -0.1) is 0 Å². The lowest BCUT2D eigenvalue weighted by atomic mass is 10.1. The molecule has 190 valence electrons. The average Bonchev–Trinajstić information content (AvgIpc) is 2.90. The summed E-state index contributed by atoms with van der Waals surface area (Å²) in [4.78, 5) is 40.4. The standard InChI is InChI=1S/C26H31N5O4S/c1-30(26(34)35-17-19-8-3-2-4-9-19)13-6-5-12-23(32)27-21-11-7-10-20(16-21)24-28-29-25(33)22-18-36-15-14-31(22)24/h2-4,7-11,16,22H,5-6,12-15,17-18H2,1H3,(H,27,32)(H,29,33). The van der Waals surface area contributed by atoms with Crippen molar-refractivity contribution in [1.82, 2.24) is 15.2 Å². The number of rotatable bonds is 9. The van der Waals surface area contributed by atoms with E-state index in [-0.39, 0.29) is 30.6 Å². The molecule has 2 aliphatic rings. The van der Waals surface area contributed by atoms with Crippen LogP contribution in [0, 0.1) is 0 Å². The van der Waals surface area contributed by atoms with Gasteiger partial charge in [0.1, 0.15) is 12.6 Å². The Balaban J connectivity index is 1.21. The normalized spacial score (nSPS) is 16.9. The first kappa shape index (κ1) is 25.6. The van der Waals surface area contributed by atoms with Crippen LogP contribution in [0.1, 0.15) is 30.4 Å². The summed E-state index contributed by atoms with van der Waals surface area (Å²) >= 11 is 1.76. The summed E-state index contributed by atoms with van der Waals surface area (Å²) in [6, 6.07) is 16.8. The largest absolute Gasteiger partial charge is 0.445 e. The van der Waals surface area contributed by atoms with Crippen LogP contribution in [0.5, 0.6) is 0 Å². The highest BCUT2D eigenvalue weighted by molar-refractivity contribution is 7.99. The Hall–Kier alpha value is -3.53. The number of ether oxygens (including phenoxy) is 1. The van der Waals surface area contributed by atoms with Gasteiger partial charge in [0.2, 0.25) is 5.91 Å². The van der Waals surface area contributed by atoms with Crippen LogP contribution in [-0.4, -0.2) is 71.2 Å². The van der Waals surface area contributed by atoms with Crippen molar-refractivity contribution in [2.24, 2.45) is 5.10 Å². The molecule has 1 fully saturated rings. The second kappa shape index (κ2) is 12.4. The SMILES string of the molecule is CN(CCCCC(=O)Nc1cccc(C2=NNC(=O)C3CSCCN23)c1)C(=O)OCc1ccccc1. The minimum absolute atomic E-state index is 0.0782. The minimum atomic E-state index is -0.378. The zero-order valence-electron chi connectivity index (χ0n) is 20.3. The van der Waals surface area contributed by atoms with Crippen molar-refractivity contribution >= 4 is 41.2 Å². The fourth-order valence-corrected chi connectivity index (χ4v) is 5.11. The zero-order chi connectivity index (χ0) is 25.3. The van der Waals surface area contributed by atoms with Gasteiger partial charge in [-0.1, -0.05) is 42.5 Å². The van der Waals surface area contributed by atoms with E-state index in [4.69, 9.17) is 4.74 Å². The molecule has 0 spiro atoms. The van der Waals surface area contributed by atoms with Gasteiger partial charge in [0.25, 0.3) is 5.91 Å². The van der Waals surface area contributed by atoms with Crippen LogP contribution in [-0.2, 0) is 20.9 Å². The molecule has 2 N–H and O–H groups in total. The third kappa shape index (κ3) is 6.78. The first-order valence-electron chi connectivity index (χ1n) is 12.1. The number of nitrogens with one attached hydrogen (secondary N) is 2. The third-order valence-electron chi connectivity index (χ3n) is 6.04. The summed E-state index contributed by atoms with van der Waals surface area (Å²) in [6.45, 7) is 1.51. The van der Waals surface area contributed by atoms with Crippen molar-refractivity contribution in [3.05, 3.63) is 65.7 Å². The summed E-state index contributed by atoms with van der Waals surface area (Å²) in [7, 11) is 1.70. The molecule has 3 amide bonds.